The van der Waals surface area contributed by atoms with Gasteiger partial charge in [0, 0.05) is 16.1 Å². The first-order valence-electron chi connectivity index (χ1n) is 12.6. The van der Waals surface area contributed by atoms with E-state index < -0.39 is 17.7 Å². The zero-order valence-electron chi connectivity index (χ0n) is 22.1. The van der Waals surface area contributed by atoms with E-state index in [2.05, 4.69) is 0 Å². The van der Waals surface area contributed by atoms with Crippen LogP contribution in [-0.4, -0.2) is 23.2 Å². The van der Waals surface area contributed by atoms with E-state index in [1.165, 1.54) is 18.3 Å². The van der Waals surface area contributed by atoms with Crippen molar-refractivity contribution in [2.75, 3.05) is 7.11 Å². The molecule has 210 valence electrons. The van der Waals surface area contributed by atoms with Crippen LogP contribution in [0.15, 0.2) is 64.4 Å². The van der Waals surface area contributed by atoms with E-state index in [1.807, 2.05) is 36.4 Å². The average Bonchev–Trinajstić information content (AvgIpc) is 3.20. The van der Waals surface area contributed by atoms with Gasteiger partial charge in [-0.2, -0.15) is 0 Å². The molecule has 0 spiro atoms. The normalized spacial score (nSPS) is 20.9. The quantitative estimate of drug-likeness (QED) is 0.269. The van der Waals surface area contributed by atoms with Gasteiger partial charge in [-0.3, -0.25) is 14.2 Å². The second kappa shape index (κ2) is 10.5. The highest BCUT2D eigenvalue weighted by atomic mass is 35.5. The molecule has 2 bridgehead atoms. The van der Waals surface area contributed by atoms with E-state index >= 15 is 0 Å². The molecule has 0 saturated heterocycles. The fourth-order valence-electron chi connectivity index (χ4n) is 5.53. The minimum absolute atomic E-state index is 0.0919. The summed E-state index contributed by atoms with van der Waals surface area (Å²) >= 11 is 19.8. The maximum absolute atomic E-state index is 13.9. The van der Waals surface area contributed by atoms with Gasteiger partial charge in [0.25, 0.3) is 5.56 Å². The molecule has 1 aromatic heterocycles. The van der Waals surface area contributed by atoms with Crippen LogP contribution in [0.25, 0.3) is 6.08 Å². The Morgan fingerprint density at radius 3 is 2.59 bits per heavy atom. The molecule has 0 saturated carbocycles. The van der Waals surface area contributed by atoms with Gasteiger partial charge < -0.3 is 14.2 Å². The van der Waals surface area contributed by atoms with Gasteiger partial charge in [-0.05, 0) is 55.8 Å². The Bertz CT molecular complexity index is 1880. The minimum atomic E-state index is -1.12. The fraction of sp³-hybridized carbons (Fsp3) is 0.233. The predicted molar refractivity (Wildman–Crippen MR) is 160 cm³/mol. The largest absolute Gasteiger partial charge is 0.496 e. The molecule has 7 nitrogen and oxygen atoms in total. The van der Waals surface area contributed by atoms with Crippen molar-refractivity contribution < 1.29 is 19.0 Å². The molecule has 0 amide bonds. The maximum atomic E-state index is 13.9. The van der Waals surface area contributed by atoms with Gasteiger partial charge in [0.05, 0.1) is 27.7 Å². The Hall–Kier alpha value is -3.30. The number of para-hydroxylation sites is 1. The Morgan fingerprint density at radius 1 is 1.15 bits per heavy atom. The molecule has 0 unspecified atom stereocenters. The van der Waals surface area contributed by atoms with Crippen molar-refractivity contribution in [2.24, 2.45) is 10.9 Å². The van der Waals surface area contributed by atoms with Gasteiger partial charge in [-0.25, -0.2) is 4.99 Å². The summed E-state index contributed by atoms with van der Waals surface area (Å²) in [4.78, 5) is 32.0. The van der Waals surface area contributed by atoms with Crippen LogP contribution < -0.4 is 29.1 Å². The molecule has 2 aliphatic rings. The highest BCUT2D eigenvalue weighted by Crippen LogP contribution is 2.47. The lowest BCUT2D eigenvalue weighted by Gasteiger charge is -2.45. The number of rotatable bonds is 6. The van der Waals surface area contributed by atoms with Crippen LogP contribution in [0, 0.1) is 5.92 Å². The third-order valence-corrected chi connectivity index (χ3v) is 9.02. The summed E-state index contributed by atoms with van der Waals surface area (Å²) in [5.74, 6) is 0.797. The summed E-state index contributed by atoms with van der Waals surface area (Å²) in [6.07, 6.45) is 1.79. The van der Waals surface area contributed by atoms with Crippen molar-refractivity contribution in [1.82, 2.24) is 4.57 Å². The van der Waals surface area contributed by atoms with Crippen LogP contribution in [0.1, 0.15) is 36.6 Å². The summed E-state index contributed by atoms with van der Waals surface area (Å²) in [5, 5.41) is 0.984. The first-order chi connectivity index (χ1) is 19.6. The van der Waals surface area contributed by atoms with Crippen LogP contribution in [-0.2, 0) is 11.4 Å². The zero-order chi connectivity index (χ0) is 29.1. The maximum Gasteiger partial charge on any atom is 0.270 e. The predicted octanol–water partition coefficient (Wildman–Crippen LogP) is 5.82. The number of hydrogen-bond donors (Lipinski definition) is 0. The number of ether oxygens (including phenoxy) is 3. The number of halogens is 3. The standard InChI is InChI=1S/C30H23Cl3N2O5S/c1-15(36)25-26-19-6-4-5-7-23(19)40-30(25,2)34-29-35(26)28(37)24(41-29)11-16-8-9-22(38-3)17(10-16)14-39-27-20(32)12-18(31)13-21(27)33/h4-13,25-26H,14H2,1-3H3/b24-11+/t25-,26+,30-/m0/s1. The molecule has 11 heteroatoms. The number of thiazole rings is 1. The lowest BCUT2D eigenvalue weighted by molar-refractivity contribution is -0.132. The zero-order valence-corrected chi connectivity index (χ0v) is 25.2. The van der Waals surface area contributed by atoms with Gasteiger partial charge in [0.15, 0.2) is 10.6 Å². The van der Waals surface area contributed by atoms with Crippen molar-refractivity contribution >= 4 is 58.0 Å². The summed E-state index contributed by atoms with van der Waals surface area (Å²) in [5.41, 5.74) is 0.918. The van der Waals surface area contributed by atoms with Gasteiger partial charge in [-0.15, -0.1) is 0 Å². The van der Waals surface area contributed by atoms with Crippen LogP contribution in [0.2, 0.25) is 15.1 Å². The molecule has 3 heterocycles. The highest BCUT2D eigenvalue weighted by Gasteiger charge is 2.53. The van der Waals surface area contributed by atoms with Crippen molar-refractivity contribution in [2.45, 2.75) is 32.2 Å². The minimum Gasteiger partial charge on any atom is -0.496 e. The number of nitrogens with zero attached hydrogens (tertiary/aromatic N) is 2. The summed E-state index contributed by atoms with van der Waals surface area (Å²) in [6.45, 7) is 3.42. The monoisotopic (exact) mass is 628 g/mol. The molecule has 4 aromatic rings. The molecule has 0 N–H and O–H groups in total. The smallest absolute Gasteiger partial charge is 0.270 e. The third-order valence-electron chi connectivity index (χ3n) is 7.26. The fourth-order valence-corrected chi connectivity index (χ4v) is 7.55. The second-order valence-electron chi connectivity index (χ2n) is 9.97. The van der Waals surface area contributed by atoms with E-state index in [-0.39, 0.29) is 17.9 Å². The highest BCUT2D eigenvalue weighted by molar-refractivity contribution is 7.07. The molecule has 3 atom stereocenters. The molecular weight excluding hydrogens is 607 g/mol. The molecule has 6 rings (SSSR count). The molecular formula is C30H23Cl3N2O5S. The van der Waals surface area contributed by atoms with E-state index in [0.29, 0.717) is 41.7 Å². The average molecular weight is 630 g/mol. The summed E-state index contributed by atoms with van der Waals surface area (Å²) < 4.78 is 19.8. The van der Waals surface area contributed by atoms with Crippen LogP contribution >= 0.6 is 46.1 Å². The van der Waals surface area contributed by atoms with Crippen molar-refractivity contribution in [3.05, 3.63) is 106 Å². The lowest BCUT2D eigenvalue weighted by Crippen LogP contribution is -2.58. The van der Waals surface area contributed by atoms with E-state index in [0.717, 1.165) is 16.7 Å². The molecule has 0 aliphatic carbocycles. The molecule has 41 heavy (non-hydrogen) atoms. The Morgan fingerprint density at radius 2 is 1.88 bits per heavy atom. The number of carbonyl (C=O) groups is 1. The number of methoxy groups -OCH3 is 1. The Balaban J connectivity index is 1.42. The van der Waals surface area contributed by atoms with E-state index in [1.54, 1.807) is 42.9 Å². The molecule has 3 aromatic carbocycles. The van der Waals surface area contributed by atoms with Crippen molar-refractivity contribution in [1.29, 1.82) is 0 Å². The Labute approximate surface area is 254 Å². The molecule has 0 fully saturated rings. The number of fused-ring (bicyclic) bond motifs is 6. The second-order valence-corrected chi connectivity index (χ2v) is 12.2. The van der Waals surface area contributed by atoms with Gasteiger partial charge in [0.1, 0.15) is 29.8 Å². The summed E-state index contributed by atoms with van der Waals surface area (Å²) in [6, 6.07) is 15.6. The SMILES string of the molecule is COc1ccc(/C=c2/sc3n(c2=O)[C@@H]2c4ccccc4O[C@](C)(N=3)[C@H]2C(C)=O)cc1COc1c(Cl)cc(Cl)cc1Cl. The topological polar surface area (TPSA) is 79.1 Å². The van der Waals surface area contributed by atoms with Crippen molar-refractivity contribution in [3.8, 4) is 17.2 Å². The number of aromatic nitrogens is 1. The lowest BCUT2D eigenvalue weighted by atomic mass is 9.79. The number of carbonyl (C=O) groups excluding carboxylic acids is 1. The van der Waals surface area contributed by atoms with Crippen molar-refractivity contribution in [3.63, 3.8) is 0 Å². The summed E-state index contributed by atoms with van der Waals surface area (Å²) in [7, 11) is 1.57. The molecule has 2 aliphatic heterocycles. The molecule has 0 radical (unpaired) electrons. The number of hydrogen-bond acceptors (Lipinski definition) is 7. The first-order valence-corrected chi connectivity index (χ1v) is 14.6. The number of benzene rings is 3. The first kappa shape index (κ1) is 27.8. The van der Waals surface area contributed by atoms with Crippen LogP contribution in [0.3, 0.4) is 0 Å². The number of ketones is 1. The van der Waals surface area contributed by atoms with E-state index in [4.69, 9.17) is 54.0 Å². The van der Waals surface area contributed by atoms with Gasteiger partial charge >= 0.3 is 0 Å². The van der Waals surface area contributed by atoms with Gasteiger partial charge in [-0.1, -0.05) is 70.4 Å². The third kappa shape index (κ3) is 4.83. The van der Waals surface area contributed by atoms with Crippen LogP contribution in [0.5, 0.6) is 17.2 Å². The van der Waals surface area contributed by atoms with E-state index in [9.17, 15) is 9.59 Å². The Kier molecular flexibility index (Phi) is 7.14. The van der Waals surface area contributed by atoms with Gasteiger partial charge in [0.2, 0.25) is 5.72 Å². The number of Topliss-reactive ketones (excluding diaryl/α,β-unsaturated/α-hetero) is 1. The van der Waals surface area contributed by atoms with Crippen LogP contribution in [0.4, 0.5) is 0 Å².